The van der Waals surface area contributed by atoms with Crippen molar-refractivity contribution in [1.82, 2.24) is 14.9 Å². The molecule has 2 aliphatic rings. The van der Waals surface area contributed by atoms with Gasteiger partial charge >= 0.3 is 0 Å². The van der Waals surface area contributed by atoms with Gasteiger partial charge < -0.3 is 19.3 Å². The van der Waals surface area contributed by atoms with E-state index < -0.39 is 0 Å². The summed E-state index contributed by atoms with van der Waals surface area (Å²) < 4.78 is 11.0. The predicted octanol–water partition coefficient (Wildman–Crippen LogP) is 1.41. The molecule has 0 spiro atoms. The number of ether oxygens (including phenoxy) is 2. The van der Waals surface area contributed by atoms with Crippen molar-refractivity contribution in [3.8, 4) is 5.75 Å². The highest BCUT2D eigenvalue weighted by atomic mass is 16.5. The third kappa shape index (κ3) is 3.22. The van der Waals surface area contributed by atoms with Crippen molar-refractivity contribution in [1.29, 1.82) is 0 Å². The first kappa shape index (κ1) is 16.8. The molecule has 1 aromatic carbocycles. The lowest BCUT2D eigenvalue weighted by Gasteiger charge is -2.36. The van der Waals surface area contributed by atoms with Crippen molar-refractivity contribution in [2.24, 2.45) is 0 Å². The monoisotopic (exact) mass is 354 g/mol. The first-order valence-corrected chi connectivity index (χ1v) is 8.72. The summed E-state index contributed by atoms with van der Waals surface area (Å²) >= 11 is 0. The second-order valence-corrected chi connectivity index (χ2v) is 6.69. The highest BCUT2D eigenvalue weighted by Crippen LogP contribution is 2.27. The van der Waals surface area contributed by atoms with Crippen LogP contribution in [0.25, 0.3) is 0 Å². The van der Waals surface area contributed by atoms with Crippen LogP contribution in [0.3, 0.4) is 0 Å². The number of benzene rings is 1. The van der Waals surface area contributed by atoms with E-state index in [0.29, 0.717) is 25.6 Å². The van der Waals surface area contributed by atoms with E-state index in [4.69, 9.17) is 9.47 Å². The molecule has 0 radical (unpaired) electrons. The van der Waals surface area contributed by atoms with Gasteiger partial charge in [0, 0.05) is 31.5 Å². The molecular weight excluding hydrogens is 332 g/mol. The molecule has 0 saturated carbocycles. The zero-order chi connectivity index (χ0) is 18.1. The molecule has 2 fully saturated rings. The number of aryl methyl sites for hydroxylation is 1. The van der Waals surface area contributed by atoms with Crippen molar-refractivity contribution >= 4 is 11.9 Å². The smallest absolute Gasteiger partial charge is 0.249 e. The van der Waals surface area contributed by atoms with Gasteiger partial charge in [0.2, 0.25) is 11.9 Å². The Balaban J connectivity index is 1.52. The number of fused-ring (bicyclic) bond motifs is 1. The standard InChI is InChI=1S/C19H22N4O3/c1-13-7-8-20-19(21-13)22-10-16-17(11-22)26-12-18(24)23(16)9-14-3-5-15(25-2)6-4-14/h3-8,16-17H,9-12H2,1-2H3/t16-,17+/m1/s1. The van der Waals surface area contributed by atoms with Gasteiger partial charge in [-0.1, -0.05) is 12.1 Å². The minimum Gasteiger partial charge on any atom is -0.497 e. The maximum atomic E-state index is 12.5. The minimum atomic E-state index is -0.0185. The molecule has 0 bridgehead atoms. The summed E-state index contributed by atoms with van der Waals surface area (Å²) in [6.45, 7) is 4.01. The maximum Gasteiger partial charge on any atom is 0.249 e. The van der Waals surface area contributed by atoms with Crippen LogP contribution in [0.4, 0.5) is 5.95 Å². The summed E-state index contributed by atoms with van der Waals surface area (Å²) in [5.41, 5.74) is 2.00. The molecule has 2 aliphatic heterocycles. The van der Waals surface area contributed by atoms with Crippen LogP contribution in [0.2, 0.25) is 0 Å². The molecular formula is C19H22N4O3. The van der Waals surface area contributed by atoms with Crippen molar-refractivity contribution in [3.05, 3.63) is 47.8 Å². The summed E-state index contributed by atoms with van der Waals surface area (Å²) in [5.74, 6) is 1.53. The van der Waals surface area contributed by atoms with Gasteiger partial charge in [-0.05, 0) is 30.7 Å². The third-order valence-electron chi connectivity index (χ3n) is 4.96. The Hall–Kier alpha value is -2.67. The van der Waals surface area contributed by atoms with E-state index in [1.54, 1.807) is 13.3 Å². The fraction of sp³-hybridized carbons (Fsp3) is 0.421. The first-order chi connectivity index (χ1) is 12.6. The van der Waals surface area contributed by atoms with E-state index in [1.807, 2.05) is 42.2 Å². The summed E-state index contributed by atoms with van der Waals surface area (Å²) in [7, 11) is 1.64. The van der Waals surface area contributed by atoms with Crippen LogP contribution >= 0.6 is 0 Å². The maximum absolute atomic E-state index is 12.5. The molecule has 4 rings (SSSR count). The van der Waals surface area contributed by atoms with Crippen LogP contribution in [-0.4, -0.2) is 59.7 Å². The number of hydrogen-bond donors (Lipinski definition) is 0. The SMILES string of the molecule is COc1ccc(CN2C(=O)CO[C@H]3CN(c4nccc(C)n4)C[C@H]32)cc1. The average Bonchev–Trinajstić information content (AvgIpc) is 3.09. The lowest BCUT2D eigenvalue weighted by atomic mass is 10.1. The van der Waals surface area contributed by atoms with Gasteiger partial charge in [0.15, 0.2) is 0 Å². The zero-order valence-electron chi connectivity index (χ0n) is 15.0. The Labute approximate surface area is 152 Å². The normalized spacial score (nSPS) is 22.5. The number of anilines is 1. The Kier molecular flexibility index (Phi) is 4.46. The quantitative estimate of drug-likeness (QED) is 0.827. The van der Waals surface area contributed by atoms with Crippen LogP contribution in [0, 0.1) is 6.92 Å². The van der Waals surface area contributed by atoms with Gasteiger partial charge in [-0.25, -0.2) is 9.97 Å². The molecule has 2 saturated heterocycles. The van der Waals surface area contributed by atoms with Crippen LogP contribution < -0.4 is 9.64 Å². The molecule has 0 unspecified atom stereocenters. The molecule has 1 amide bonds. The number of aromatic nitrogens is 2. The van der Waals surface area contributed by atoms with Crippen LogP contribution in [0.5, 0.6) is 5.75 Å². The van der Waals surface area contributed by atoms with Crippen LogP contribution in [0.15, 0.2) is 36.5 Å². The average molecular weight is 354 g/mol. The summed E-state index contributed by atoms with van der Waals surface area (Å²) in [6.07, 6.45) is 1.75. The number of methoxy groups -OCH3 is 1. The second-order valence-electron chi connectivity index (χ2n) is 6.69. The first-order valence-electron chi connectivity index (χ1n) is 8.72. The van der Waals surface area contributed by atoms with Gasteiger partial charge in [0.25, 0.3) is 0 Å². The molecule has 0 aliphatic carbocycles. The molecule has 26 heavy (non-hydrogen) atoms. The highest BCUT2D eigenvalue weighted by Gasteiger charge is 2.43. The molecule has 136 valence electrons. The molecule has 7 heteroatoms. The molecule has 2 aromatic rings. The molecule has 2 atom stereocenters. The fourth-order valence-corrected chi connectivity index (χ4v) is 3.55. The topological polar surface area (TPSA) is 67.8 Å². The Morgan fingerprint density at radius 2 is 2.04 bits per heavy atom. The molecule has 7 nitrogen and oxygen atoms in total. The fourth-order valence-electron chi connectivity index (χ4n) is 3.55. The van der Waals surface area contributed by atoms with E-state index >= 15 is 0 Å². The predicted molar refractivity (Wildman–Crippen MR) is 96.1 cm³/mol. The number of carbonyl (C=O) groups is 1. The summed E-state index contributed by atoms with van der Waals surface area (Å²) in [5, 5.41) is 0. The minimum absolute atomic E-state index is 0.00228. The summed E-state index contributed by atoms with van der Waals surface area (Å²) in [4.78, 5) is 25.4. The van der Waals surface area contributed by atoms with Gasteiger partial charge in [-0.3, -0.25) is 4.79 Å². The second kappa shape index (κ2) is 6.92. The van der Waals surface area contributed by atoms with Gasteiger partial charge in [0.05, 0.1) is 19.3 Å². The lowest BCUT2D eigenvalue weighted by molar-refractivity contribution is -0.153. The Morgan fingerprint density at radius 1 is 1.23 bits per heavy atom. The van der Waals surface area contributed by atoms with Crippen molar-refractivity contribution in [3.63, 3.8) is 0 Å². The number of carbonyl (C=O) groups excluding carboxylic acids is 1. The Bertz CT molecular complexity index is 796. The Morgan fingerprint density at radius 3 is 2.77 bits per heavy atom. The van der Waals surface area contributed by atoms with Gasteiger partial charge in [0.1, 0.15) is 12.4 Å². The number of morpholine rings is 1. The van der Waals surface area contributed by atoms with E-state index in [1.165, 1.54) is 0 Å². The zero-order valence-corrected chi connectivity index (χ0v) is 15.0. The summed E-state index contributed by atoms with van der Waals surface area (Å²) in [6, 6.07) is 9.70. The number of amides is 1. The van der Waals surface area contributed by atoms with E-state index in [9.17, 15) is 4.79 Å². The lowest BCUT2D eigenvalue weighted by Crippen LogP contribution is -2.53. The molecule has 1 aromatic heterocycles. The molecule has 0 N–H and O–H groups in total. The number of nitrogens with zero attached hydrogens (tertiary/aromatic N) is 4. The van der Waals surface area contributed by atoms with Gasteiger partial charge in [-0.15, -0.1) is 0 Å². The highest BCUT2D eigenvalue weighted by molar-refractivity contribution is 5.79. The van der Waals surface area contributed by atoms with Crippen LogP contribution in [-0.2, 0) is 16.1 Å². The van der Waals surface area contributed by atoms with Crippen molar-refractivity contribution in [2.75, 3.05) is 31.7 Å². The number of rotatable bonds is 4. The largest absolute Gasteiger partial charge is 0.497 e. The van der Waals surface area contributed by atoms with Crippen LogP contribution in [0.1, 0.15) is 11.3 Å². The van der Waals surface area contributed by atoms with Crippen molar-refractivity contribution in [2.45, 2.75) is 25.6 Å². The molecule has 3 heterocycles. The van der Waals surface area contributed by atoms with Crippen molar-refractivity contribution < 1.29 is 14.3 Å². The van der Waals surface area contributed by atoms with E-state index in [2.05, 4.69) is 14.9 Å². The van der Waals surface area contributed by atoms with Gasteiger partial charge in [-0.2, -0.15) is 0 Å². The third-order valence-corrected chi connectivity index (χ3v) is 4.96. The number of hydrogen-bond acceptors (Lipinski definition) is 6. The van der Waals surface area contributed by atoms with E-state index in [-0.39, 0.29) is 24.7 Å². The van der Waals surface area contributed by atoms with E-state index in [0.717, 1.165) is 17.0 Å².